The van der Waals surface area contributed by atoms with Crippen LogP contribution in [0.4, 0.5) is 0 Å². The van der Waals surface area contributed by atoms with Gasteiger partial charge < -0.3 is 15.0 Å². The van der Waals surface area contributed by atoms with Gasteiger partial charge in [0, 0.05) is 7.11 Å². The molecule has 0 radical (unpaired) electrons. The monoisotopic (exact) mass is 253 g/mol. The van der Waals surface area contributed by atoms with Gasteiger partial charge in [0.15, 0.2) is 0 Å². The highest BCUT2D eigenvalue weighted by Gasteiger charge is 2.40. The number of rotatable bonds is 5. The highest BCUT2D eigenvalue weighted by atomic mass is 16.5. The molecule has 1 heterocycles. The minimum atomic E-state index is -0.350. The summed E-state index contributed by atoms with van der Waals surface area (Å²) < 4.78 is 11.0. The predicted molar refractivity (Wildman–Crippen MR) is 67.8 cm³/mol. The van der Waals surface area contributed by atoms with Crippen molar-refractivity contribution in [2.45, 2.75) is 57.6 Å². The SMILES string of the molecule is CC[C@H](C)[C@H](N)c1nc(C2(OC)CCCC2)no1. The predicted octanol–water partition coefficient (Wildman–Crippen LogP) is 2.53. The highest BCUT2D eigenvalue weighted by Crippen LogP contribution is 2.40. The van der Waals surface area contributed by atoms with Crippen molar-refractivity contribution < 1.29 is 9.26 Å². The Bertz CT molecular complexity index is 385. The number of nitrogens with zero attached hydrogens (tertiary/aromatic N) is 2. The second kappa shape index (κ2) is 5.36. The molecule has 0 unspecified atom stereocenters. The van der Waals surface area contributed by atoms with Crippen molar-refractivity contribution in [3.8, 4) is 0 Å². The summed E-state index contributed by atoms with van der Waals surface area (Å²) in [5.74, 6) is 1.53. The zero-order valence-corrected chi connectivity index (χ0v) is 11.5. The van der Waals surface area contributed by atoms with E-state index in [2.05, 4.69) is 24.0 Å². The average molecular weight is 253 g/mol. The van der Waals surface area contributed by atoms with Crippen LogP contribution in [0, 0.1) is 5.92 Å². The summed E-state index contributed by atoms with van der Waals surface area (Å²) in [6.07, 6.45) is 5.21. The van der Waals surface area contributed by atoms with E-state index in [-0.39, 0.29) is 11.6 Å². The number of aromatic nitrogens is 2. The fourth-order valence-corrected chi connectivity index (χ4v) is 2.52. The molecule has 1 fully saturated rings. The van der Waals surface area contributed by atoms with Crippen molar-refractivity contribution in [1.82, 2.24) is 10.1 Å². The molecular weight excluding hydrogens is 230 g/mol. The van der Waals surface area contributed by atoms with Crippen LogP contribution in [0.3, 0.4) is 0 Å². The van der Waals surface area contributed by atoms with Gasteiger partial charge in [-0.15, -0.1) is 0 Å². The molecule has 0 spiro atoms. The molecule has 1 aromatic rings. The van der Waals surface area contributed by atoms with E-state index < -0.39 is 0 Å². The molecule has 0 aliphatic heterocycles. The van der Waals surface area contributed by atoms with Crippen molar-refractivity contribution in [3.63, 3.8) is 0 Å². The second-order valence-electron chi connectivity index (χ2n) is 5.27. The third-order valence-corrected chi connectivity index (χ3v) is 4.19. The fourth-order valence-electron chi connectivity index (χ4n) is 2.52. The first-order chi connectivity index (χ1) is 8.63. The zero-order valence-electron chi connectivity index (χ0n) is 11.5. The van der Waals surface area contributed by atoms with E-state index in [1.165, 1.54) is 0 Å². The molecular formula is C13H23N3O2. The molecule has 1 aromatic heterocycles. The molecule has 0 saturated heterocycles. The first kappa shape index (κ1) is 13.5. The maximum absolute atomic E-state index is 6.11. The van der Waals surface area contributed by atoms with Crippen molar-refractivity contribution in [1.29, 1.82) is 0 Å². The molecule has 1 saturated carbocycles. The van der Waals surface area contributed by atoms with Gasteiger partial charge in [0.25, 0.3) is 0 Å². The highest BCUT2D eigenvalue weighted by molar-refractivity contribution is 5.06. The van der Waals surface area contributed by atoms with Crippen molar-refractivity contribution >= 4 is 0 Å². The van der Waals surface area contributed by atoms with Crippen LogP contribution in [0.2, 0.25) is 0 Å². The van der Waals surface area contributed by atoms with Gasteiger partial charge in [0.1, 0.15) is 5.60 Å². The van der Waals surface area contributed by atoms with Crippen LogP contribution in [-0.2, 0) is 10.3 Å². The Kier molecular flexibility index (Phi) is 4.02. The number of hydrogen-bond acceptors (Lipinski definition) is 5. The Labute approximate surface area is 108 Å². The normalized spacial score (nSPS) is 22.0. The lowest BCUT2D eigenvalue weighted by Crippen LogP contribution is -2.26. The Morgan fingerprint density at radius 2 is 2.11 bits per heavy atom. The molecule has 18 heavy (non-hydrogen) atoms. The van der Waals surface area contributed by atoms with Crippen molar-refractivity contribution in [2.75, 3.05) is 7.11 Å². The first-order valence-corrected chi connectivity index (χ1v) is 6.78. The summed E-state index contributed by atoms with van der Waals surface area (Å²) in [7, 11) is 1.72. The molecule has 2 N–H and O–H groups in total. The summed E-state index contributed by atoms with van der Waals surface area (Å²) in [6, 6.07) is -0.188. The summed E-state index contributed by atoms with van der Waals surface area (Å²) in [5, 5.41) is 4.09. The lowest BCUT2D eigenvalue weighted by molar-refractivity contribution is -0.0178. The van der Waals surface area contributed by atoms with Crippen LogP contribution >= 0.6 is 0 Å². The van der Waals surface area contributed by atoms with E-state index in [0.29, 0.717) is 17.6 Å². The molecule has 102 valence electrons. The molecule has 0 bridgehead atoms. The van der Waals surface area contributed by atoms with Gasteiger partial charge in [-0.05, 0) is 31.6 Å². The molecule has 2 atom stereocenters. The standard InChI is InChI=1S/C13H23N3O2/c1-4-9(2)10(14)11-15-12(16-18-11)13(17-3)7-5-6-8-13/h9-10H,4-8,14H2,1-3H3/t9-,10-/m0/s1. The Balaban J connectivity index is 2.19. The fraction of sp³-hybridized carbons (Fsp3) is 0.846. The van der Waals surface area contributed by atoms with Crippen LogP contribution in [0.1, 0.15) is 63.7 Å². The van der Waals surface area contributed by atoms with E-state index in [1.807, 2.05) is 0 Å². The van der Waals surface area contributed by atoms with E-state index >= 15 is 0 Å². The lowest BCUT2D eigenvalue weighted by Gasteiger charge is -2.22. The Morgan fingerprint density at radius 3 is 2.67 bits per heavy atom. The summed E-state index contributed by atoms with van der Waals surface area (Å²) in [6.45, 7) is 4.20. The first-order valence-electron chi connectivity index (χ1n) is 6.78. The van der Waals surface area contributed by atoms with Gasteiger partial charge in [-0.25, -0.2) is 0 Å². The smallest absolute Gasteiger partial charge is 0.243 e. The maximum Gasteiger partial charge on any atom is 0.243 e. The molecule has 0 aromatic carbocycles. The van der Waals surface area contributed by atoms with E-state index in [4.69, 9.17) is 15.0 Å². The van der Waals surface area contributed by atoms with Gasteiger partial charge in [-0.1, -0.05) is 25.4 Å². The number of hydrogen-bond donors (Lipinski definition) is 1. The van der Waals surface area contributed by atoms with Gasteiger partial charge in [-0.2, -0.15) is 4.98 Å². The average Bonchev–Trinajstić information content (AvgIpc) is 3.05. The topological polar surface area (TPSA) is 74.2 Å². The third kappa shape index (κ3) is 2.29. The van der Waals surface area contributed by atoms with Gasteiger partial charge in [0.05, 0.1) is 6.04 Å². The van der Waals surface area contributed by atoms with Crippen LogP contribution in [0.5, 0.6) is 0 Å². The molecule has 0 amide bonds. The minimum Gasteiger partial charge on any atom is -0.370 e. The van der Waals surface area contributed by atoms with Gasteiger partial charge in [-0.3, -0.25) is 0 Å². The minimum absolute atomic E-state index is 0.188. The van der Waals surface area contributed by atoms with Crippen molar-refractivity contribution in [2.24, 2.45) is 11.7 Å². The molecule has 1 aliphatic carbocycles. The van der Waals surface area contributed by atoms with E-state index in [1.54, 1.807) is 7.11 Å². The molecule has 5 heteroatoms. The summed E-state index contributed by atoms with van der Waals surface area (Å²) in [4.78, 5) is 4.48. The maximum atomic E-state index is 6.11. The summed E-state index contributed by atoms with van der Waals surface area (Å²) in [5.41, 5.74) is 5.76. The number of methoxy groups -OCH3 is 1. The molecule has 5 nitrogen and oxygen atoms in total. The van der Waals surface area contributed by atoms with Gasteiger partial charge in [0.2, 0.25) is 11.7 Å². The lowest BCUT2D eigenvalue weighted by atomic mass is 9.99. The zero-order chi connectivity index (χ0) is 13.2. The van der Waals surface area contributed by atoms with Gasteiger partial charge >= 0.3 is 0 Å². The molecule has 2 rings (SSSR count). The number of ether oxygens (including phenoxy) is 1. The number of nitrogens with two attached hydrogens (primary N) is 1. The van der Waals surface area contributed by atoms with Crippen LogP contribution in [-0.4, -0.2) is 17.3 Å². The van der Waals surface area contributed by atoms with E-state index in [9.17, 15) is 0 Å². The Hall–Kier alpha value is -0.940. The van der Waals surface area contributed by atoms with E-state index in [0.717, 1.165) is 32.1 Å². The summed E-state index contributed by atoms with van der Waals surface area (Å²) >= 11 is 0. The van der Waals surface area contributed by atoms with Crippen molar-refractivity contribution in [3.05, 3.63) is 11.7 Å². The molecule has 1 aliphatic rings. The van der Waals surface area contributed by atoms with Crippen LogP contribution in [0.15, 0.2) is 4.52 Å². The largest absolute Gasteiger partial charge is 0.370 e. The van der Waals surface area contributed by atoms with Crippen LogP contribution in [0.25, 0.3) is 0 Å². The van der Waals surface area contributed by atoms with Crippen LogP contribution < -0.4 is 5.73 Å². The quantitative estimate of drug-likeness (QED) is 0.872. The third-order valence-electron chi connectivity index (χ3n) is 4.19. The Morgan fingerprint density at radius 1 is 1.44 bits per heavy atom. The second-order valence-corrected chi connectivity index (χ2v) is 5.27.